The molecule has 0 spiro atoms. The fourth-order valence-electron chi connectivity index (χ4n) is 3.86. The number of ether oxygens (including phenoxy) is 1. The van der Waals surface area contributed by atoms with Crippen molar-refractivity contribution in [1.29, 1.82) is 0 Å². The van der Waals surface area contributed by atoms with E-state index >= 15 is 0 Å². The number of nitrogens with one attached hydrogen (secondary N) is 1. The van der Waals surface area contributed by atoms with E-state index in [1.54, 1.807) is 0 Å². The minimum absolute atomic E-state index is 0.0842. The molecule has 0 aromatic heterocycles. The molecule has 3 rings (SSSR count). The average molecular weight is 266 g/mol. The van der Waals surface area contributed by atoms with Gasteiger partial charge in [0.2, 0.25) is 0 Å². The van der Waals surface area contributed by atoms with E-state index in [0.29, 0.717) is 0 Å². The summed E-state index contributed by atoms with van der Waals surface area (Å²) in [5.41, 5.74) is 0.0842. The van der Waals surface area contributed by atoms with Gasteiger partial charge in [-0.05, 0) is 71.4 Å². The van der Waals surface area contributed by atoms with Crippen molar-refractivity contribution in [2.75, 3.05) is 26.2 Å². The third-order valence-corrected chi connectivity index (χ3v) is 5.02. The van der Waals surface area contributed by atoms with Crippen molar-refractivity contribution in [3.05, 3.63) is 0 Å². The van der Waals surface area contributed by atoms with Gasteiger partial charge in [-0.2, -0.15) is 0 Å². The smallest absolute Gasteiger partial charge is 0.0641 e. The van der Waals surface area contributed by atoms with E-state index in [0.717, 1.165) is 24.6 Å². The molecule has 2 unspecified atom stereocenters. The van der Waals surface area contributed by atoms with Crippen LogP contribution in [-0.2, 0) is 4.74 Å². The molecule has 3 nitrogen and oxygen atoms in total. The van der Waals surface area contributed by atoms with Crippen LogP contribution in [0, 0.1) is 5.92 Å². The van der Waals surface area contributed by atoms with Crippen molar-refractivity contribution in [2.45, 2.75) is 70.1 Å². The molecule has 2 saturated heterocycles. The van der Waals surface area contributed by atoms with Crippen LogP contribution in [0.15, 0.2) is 0 Å². The predicted molar refractivity (Wildman–Crippen MR) is 78.4 cm³/mol. The Hall–Kier alpha value is -0.120. The zero-order valence-corrected chi connectivity index (χ0v) is 12.7. The van der Waals surface area contributed by atoms with Gasteiger partial charge in [0, 0.05) is 25.2 Å². The third kappa shape index (κ3) is 3.71. The molecule has 1 N–H and O–H groups in total. The first kappa shape index (κ1) is 13.8. The molecule has 0 bridgehead atoms. The number of nitrogens with zero attached hydrogens (tertiary/aromatic N) is 1. The summed E-state index contributed by atoms with van der Waals surface area (Å²) in [6, 6.07) is 1.65. The minimum Gasteiger partial charge on any atom is -0.375 e. The second kappa shape index (κ2) is 5.71. The Morgan fingerprint density at radius 3 is 2.63 bits per heavy atom. The zero-order chi connectivity index (χ0) is 13.3. The van der Waals surface area contributed by atoms with Crippen molar-refractivity contribution in [3.63, 3.8) is 0 Å². The summed E-state index contributed by atoms with van der Waals surface area (Å²) in [5.74, 6) is 0.875. The van der Waals surface area contributed by atoms with Crippen molar-refractivity contribution in [2.24, 2.45) is 5.92 Å². The zero-order valence-electron chi connectivity index (χ0n) is 12.7. The lowest BCUT2D eigenvalue weighted by molar-refractivity contribution is -0.0865. The standard InChI is InChI=1S/C16H30N2O/c1-16(2)10-15(7-9-19-16)18(14-5-6-14)12-13-4-3-8-17-11-13/h13-15,17H,3-12H2,1-2H3. The first-order valence-corrected chi connectivity index (χ1v) is 8.24. The molecular formula is C16H30N2O. The maximum atomic E-state index is 5.90. The predicted octanol–water partition coefficient (Wildman–Crippen LogP) is 2.41. The summed E-state index contributed by atoms with van der Waals surface area (Å²) in [6.45, 7) is 9.24. The molecule has 19 heavy (non-hydrogen) atoms. The normalized spacial score (nSPS) is 35.5. The van der Waals surface area contributed by atoms with Gasteiger partial charge in [-0.1, -0.05) is 0 Å². The lowest BCUT2D eigenvalue weighted by Crippen LogP contribution is -2.49. The molecule has 3 heteroatoms. The Kier molecular flexibility index (Phi) is 4.16. The molecule has 0 radical (unpaired) electrons. The maximum absolute atomic E-state index is 5.90. The van der Waals surface area contributed by atoms with Crippen LogP contribution in [-0.4, -0.2) is 48.8 Å². The molecular weight excluding hydrogens is 236 g/mol. The quantitative estimate of drug-likeness (QED) is 0.845. The lowest BCUT2D eigenvalue weighted by Gasteiger charge is -2.43. The first-order chi connectivity index (χ1) is 9.14. The SMILES string of the molecule is CC1(C)CC(N(CC2CCCNC2)C2CC2)CCO1. The van der Waals surface area contributed by atoms with Gasteiger partial charge >= 0.3 is 0 Å². The molecule has 0 aromatic rings. The Bertz CT molecular complexity index is 295. The van der Waals surface area contributed by atoms with Crippen LogP contribution in [0.1, 0.15) is 52.4 Å². The molecule has 2 aliphatic heterocycles. The van der Waals surface area contributed by atoms with E-state index < -0.39 is 0 Å². The van der Waals surface area contributed by atoms with Crippen molar-refractivity contribution < 1.29 is 4.74 Å². The van der Waals surface area contributed by atoms with Gasteiger partial charge in [0.1, 0.15) is 0 Å². The minimum atomic E-state index is 0.0842. The highest BCUT2D eigenvalue weighted by atomic mass is 16.5. The van der Waals surface area contributed by atoms with E-state index in [9.17, 15) is 0 Å². The van der Waals surface area contributed by atoms with Crippen LogP contribution < -0.4 is 5.32 Å². The Balaban J connectivity index is 1.60. The third-order valence-electron chi connectivity index (χ3n) is 5.02. The summed E-state index contributed by atoms with van der Waals surface area (Å²) < 4.78 is 5.90. The van der Waals surface area contributed by atoms with Crippen molar-refractivity contribution in [3.8, 4) is 0 Å². The van der Waals surface area contributed by atoms with Gasteiger partial charge in [-0.3, -0.25) is 4.90 Å². The van der Waals surface area contributed by atoms with Gasteiger partial charge < -0.3 is 10.1 Å². The van der Waals surface area contributed by atoms with Gasteiger partial charge in [0.05, 0.1) is 5.60 Å². The Labute approximate surface area is 118 Å². The van der Waals surface area contributed by atoms with E-state index in [-0.39, 0.29) is 5.60 Å². The van der Waals surface area contributed by atoms with Gasteiger partial charge in [0.15, 0.2) is 0 Å². The van der Waals surface area contributed by atoms with Crippen LogP contribution in [0.4, 0.5) is 0 Å². The van der Waals surface area contributed by atoms with Crippen molar-refractivity contribution in [1.82, 2.24) is 10.2 Å². The molecule has 3 fully saturated rings. The second-order valence-corrected chi connectivity index (χ2v) is 7.40. The first-order valence-electron chi connectivity index (χ1n) is 8.24. The number of piperidine rings is 1. The van der Waals surface area contributed by atoms with E-state index in [1.165, 1.54) is 58.2 Å². The van der Waals surface area contributed by atoms with Crippen LogP contribution in [0.5, 0.6) is 0 Å². The van der Waals surface area contributed by atoms with E-state index in [1.807, 2.05) is 0 Å². The average Bonchev–Trinajstić information content (AvgIpc) is 3.20. The van der Waals surface area contributed by atoms with E-state index in [2.05, 4.69) is 24.1 Å². The maximum Gasteiger partial charge on any atom is 0.0641 e. The van der Waals surface area contributed by atoms with Gasteiger partial charge in [-0.25, -0.2) is 0 Å². The number of hydrogen-bond donors (Lipinski definition) is 1. The monoisotopic (exact) mass is 266 g/mol. The highest BCUT2D eigenvalue weighted by Gasteiger charge is 2.39. The molecule has 0 aromatic carbocycles. The molecule has 110 valence electrons. The summed E-state index contributed by atoms with van der Waals surface area (Å²) >= 11 is 0. The lowest BCUT2D eigenvalue weighted by atomic mass is 9.91. The summed E-state index contributed by atoms with van der Waals surface area (Å²) in [4.78, 5) is 2.85. The van der Waals surface area contributed by atoms with Crippen LogP contribution >= 0.6 is 0 Å². The molecule has 2 heterocycles. The Morgan fingerprint density at radius 1 is 1.16 bits per heavy atom. The number of rotatable bonds is 4. The van der Waals surface area contributed by atoms with E-state index in [4.69, 9.17) is 4.74 Å². The molecule has 2 atom stereocenters. The summed E-state index contributed by atoms with van der Waals surface area (Å²) in [5, 5.41) is 3.57. The van der Waals surface area contributed by atoms with Gasteiger partial charge in [0.25, 0.3) is 0 Å². The highest BCUT2D eigenvalue weighted by molar-refractivity contribution is 4.94. The summed E-state index contributed by atoms with van der Waals surface area (Å²) in [7, 11) is 0. The second-order valence-electron chi connectivity index (χ2n) is 7.40. The topological polar surface area (TPSA) is 24.5 Å². The molecule has 0 amide bonds. The van der Waals surface area contributed by atoms with Crippen molar-refractivity contribution >= 4 is 0 Å². The van der Waals surface area contributed by atoms with Crippen LogP contribution in [0.2, 0.25) is 0 Å². The highest BCUT2D eigenvalue weighted by Crippen LogP contribution is 2.36. The molecule has 1 saturated carbocycles. The molecule has 3 aliphatic rings. The molecule has 1 aliphatic carbocycles. The van der Waals surface area contributed by atoms with Gasteiger partial charge in [-0.15, -0.1) is 0 Å². The van der Waals surface area contributed by atoms with Crippen LogP contribution in [0.3, 0.4) is 0 Å². The van der Waals surface area contributed by atoms with Crippen LogP contribution in [0.25, 0.3) is 0 Å². The fraction of sp³-hybridized carbons (Fsp3) is 1.00. The number of hydrogen-bond acceptors (Lipinski definition) is 3. The summed E-state index contributed by atoms with van der Waals surface area (Å²) in [6.07, 6.45) is 8.09. The largest absolute Gasteiger partial charge is 0.375 e. The Morgan fingerprint density at radius 2 is 2.00 bits per heavy atom. The fourth-order valence-corrected chi connectivity index (χ4v) is 3.86.